The summed E-state index contributed by atoms with van der Waals surface area (Å²) in [6.07, 6.45) is 2.07. The lowest BCUT2D eigenvalue weighted by molar-refractivity contribution is 0.0937. The standard InChI is InChI=1S/C14H21NO2/c1-10(2)7-8-11(3)15-14(17)12-5-4-6-13(16)9-12/h4-6,9-11,16H,7-8H2,1-3H3,(H,15,17). The number of phenolic OH excluding ortho intramolecular Hbond substituents is 1. The summed E-state index contributed by atoms with van der Waals surface area (Å²) in [5.41, 5.74) is 0.501. The number of nitrogens with one attached hydrogen (secondary N) is 1. The molecule has 1 amide bonds. The van der Waals surface area contributed by atoms with Crippen molar-refractivity contribution in [1.29, 1.82) is 0 Å². The molecule has 2 N–H and O–H groups in total. The van der Waals surface area contributed by atoms with Crippen LogP contribution < -0.4 is 5.32 Å². The second-order valence-electron chi connectivity index (χ2n) is 4.90. The molecule has 0 fully saturated rings. The molecule has 94 valence electrons. The van der Waals surface area contributed by atoms with E-state index in [1.807, 2.05) is 6.92 Å². The topological polar surface area (TPSA) is 49.3 Å². The molecule has 1 unspecified atom stereocenters. The van der Waals surface area contributed by atoms with Gasteiger partial charge in [0, 0.05) is 11.6 Å². The summed E-state index contributed by atoms with van der Waals surface area (Å²) in [4.78, 5) is 11.8. The Morgan fingerprint density at radius 1 is 1.29 bits per heavy atom. The fraction of sp³-hybridized carbons (Fsp3) is 0.500. The summed E-state index contributed by atoms with van der Waals surface area (Å²) in [6.45, 7) is 6.34. The summed E-state index contributed by atoms with van der Waals surface area (Å²) < 4.78 is 0. The lowest BCUT2D eigenvalue weighted by atomic mass is 10.0. The van der Waals surface area contributed by atoms with Crippen LogP contribution in [0.5, 0.6) is 5.75 Å². The lowest BCUT2D eigenvalue weighted by Gasteiger charge is -2.15. The highest BCUT2D eigenvalue weighted by Gasteiger charge is 2.10. The molecule has 3 nitrogen and oxygen atoms in total. The summed E-state index contributed by atoms with van der Waals surface area (Å²) in [5, 5.41) is 12.2. The first-order valence-electron chi connectivity index (χ1n) is 6.09. The van der Waals surface area contributed by atoms with E-state index in [-0.39, 0.29) is 17.7 Å². The van der Waals surface area contributed by atoms with Crippen molar-refractivity contribution in [3.63, 3.8) is 0 Å². The van der Waals surface area contributed by atoms with Gasteiger partial charge in [-0.05, 0) is 43.9 Å². The van der Waals surface area contributed by atoms with Gasteiger partial charge < -0.3 is 10.4 Å². The van der Waals surface area contributed by atoms with E-state index in [1.165, 1.54) is 6.07 Å². The number of carbonyl (C=O) groups excluding carboxylic acids is 1. The first-order chi connectivity index (χ1) is 7.99. The van der Waals surface area contributed by atoms with Crippen LogP contribution in [0.4, 0.5) is 0 Å². The average Bonchev–Trinajstić information content (AvgIpc) is 2.26. The van der Waals surface area contributed by atoms with Crippen molar-refractivity contribution in [3.8, 4) is 5.75 Å². The van der Waals surface area contributed by atoms with Crippen molar-refractivity contribution < 1.29 is 9.90 Å². The minimum Gasteiger partial charge on any atom is -0.508 e. The molecule has 0 saturated heterocycles. The van der Waals surface area contributed by atoms with Crippen molar-refractivity contribution in [1.82, 2.24) is 5.32 Å². The number of carbonyl (C=O) groups is 1. The average molecular weight is 235 g/mol. The summed E-state index contributed by atoms with van der Waals surface area (Å²) in [5.74, 6) is 0.639. The van der Waals surface area contributed by atoms with Crippen molar-refractivity contribution in [2.75, 3.05) is 0 Å². The normalized spacial score (nSPS) is 12.5. The molecule has 0 bridgehead atoms. The third kappa shape index (κ3) is 4.89. The van der Waals surface area contributed by atoms with Gasteiger partial charge >= 0.3 is 0 Å². The maximum absolute atomic E-state index is 11.8. The van der Waals surface area contributed by atoms with Crippen LogP contribution in [0.2, 0.25) is 0 Å². The van der Waals surface area contributed by atoms with Gasteiger partial charge in [-0.1, -0.05) is 19.9 Å². The van der Waals surface area contributed by atoms with Crippen LogP contribution in [0.25, 0.3) is 0 Å². The summed E-state index contributed by atoms with van der Waals surface area (Å²) in [7, 11) is 0. The predicted octanol–water partition coefficient (Wildman–Crippen LogP) is 2.95. The van der Waals surface area contributed by atoms with Crippen LogP contribution >= 0.6 is 0 Å². The van der Waals surface area contributed by atoms with Crippen LogP contribution in [0.3, 0.4) is 0 Å². The van der Waals surface area contributed by atoms with Crippen LogP contribution in [-0.2, 0) is 0 Å². The Labute approximate surface area is 103 Å². The lowest BCUT2D eigenvalue weighted by Crippen LogP contribution is -2.32. The molecule has 1 rings (SSSR count). The Kier molecular flexibility index (Phi) is 5.01. The molecule has 0 radical (unpaired) electrons. The van der Waals surface area contributed by atoms with E-state index in [4.69, 9.17) is 0 Å². The van der Waals surface area contributed by atoms with E-state index in [1.54, 1.807) is 18.2 Å². The second-order valence-corrected chi connectivity index (χ2v) is 4.90. The predicted molar refractivity (Wildman–Crippen MR) is 69.1 cm³/mol. The van der Waals surface area contributed by atoms with Gasteiger partial charge in [-0.25, -0.2) is 0 Å². The number of benzene rings is 1. The van der Waals surface area contributed by atoms with Crippen molar-refractivity contribution in [3.05, 3.63) is 29.8 Å². The van der Waals surface area contributed by atoms with Gasteiger partial charge in [-0.3, -0.25) is 4.79 Å². The number of aromatic hydroxyl groups is 1. The number of hydrogen-bond acceptors (Lipinski definition) is 2. The molecule has 0 aliphatic rings. The Morgan fingerprint density at radius 3 is 2.59 bits per heavy atom. The molecule has 1 aromatic carbocycles. The highest BCUT2D eigenvalue weighted by atomic mass is 16.3. The van der Waals surface area contributed by atoms with E-state index in [0.717, 1.165) is 12.8 Å². The minimum atomic E-state index is -0.128. The van der Waals surface area contributed by atoms with E-state index in [0.29, 0.717) is 11.5 Å². The Balaban J connectivity index is 2.49. The van der Waals surface area contributed by atoms with E-state index >= 15 is 0 Å². The van der Waals surface area contributed by atoms with Crippen LogP contribution in [0.1, 0.15) is 44.0 Å². The maximum atomic E-state index is 11.8. The minimum absolute atomic E-state index is 0.118. The number of amides is 1. The molecule has 0 saturated carbocycles. The first-order valence-corrected chi connectivity index (χ1v) is 6.09. The van der Waals surface area contributed by atoms with Gasteiger partial charge in [0.25, 0.3) is 5.91 Å². The van der Waals surface area contributed by atoms with Gasteiger partial charge in [0.1, 0.15) is 5.75 Å². The molecule has 17 heavy (non-hydrogen) atoms. The van der Waals surface area contributed by atoms with Crippen molar-refractivity contribution in [2.24, 2.45) is 5.92 Å². The number of hydrogen-bond donors (Lipinski definition) is 2. The fourth-order valence-electron chi connectivity index (χ4n) is 1.61. The van der Waals surface area contributed by atoms with E-state index < -0.39 is 0 Å². The van der Waals surface area contributed by atoms with Gasteiger partial charge in [0.2, 0.25) is 0 Å². The van der Waals surface area contributed by atoms with Gasteiger partial charge in [0.15, 0.2) is 0 Å². The van der Waals surface area contributed by atoms with Gasteiger partial charge in [0.05, 0.1) is 0 Å². The number of phenols is 1. The molecule has 3 heteroatoms. The van der Waals surface area contributed by atoms with Gasteiger partial charge in [-0.2, -0.15) is 0 Å². The van der Waals surface area contributed by atoms with Gasteiger partial charge in [-0.15, -0.1) is 0 Å². The molecular formula is C14H21NO2. The fourth-order valence-corrected chi connectivity index (χ4v) is 1.61. The first kappa shape index (κ1) is 13.6. The van der Waals surface area contributed by atoms with Crippen molar-refractivity contribution >= 4 is 5.91 Å². The second kappa shape index (κ2) is 6.28. The molecule has 0 aromatic heterocycles. The monoisotopic (exact) mass is 235 g/mol. The molecule has 0 aliphatic carbocycles. The summed E-state index contributed by atoms with van der Waals surface area (Å²) >= 11 is 0. The number of rotatable bonds is 5. The third-order valence-electron chi connectivity index (χ3n) is 2.66. The zero-order valence-corrected chi connectivity index (χ0v) is 10.7. The van der Waals surface area contributed by atoms with E-state index in [2.05, 4.69) is 19.2 Å². The largest absolute Gasteiger partial charge is 0.508 e. The summed E-state index contributed by atoms with van der Waals surface area (Å²) in [6, 6.07) is 6.56. The smallest absolute Gasteiger partial charge is 0.251 e. The molecule has 0 spiro atoms. The zero-order valence-electron chi connectivity index (χ0n) is 10.7. The molecular weight excluding hydrogens is 214 g/mol. The molecule has 1 aromatic rings. The molecule has 0 aliphatic heterocycles. The van der Waals surface area contributed by atoms with Crippen molar-refractivity contribution in [2.45, 2.75) is 39.7 Å². The van der Waals surface area contributed by atoms with Crippen LogP contribution in [0, 0.1) is 5.92 Å². The zero-order chi connectivity index (χ0) is 12.8. The maximum Gasteiger partial charge on any atom is 0.251 e. The Morgan fingerprint density at radius 2 is 2.00 bits per heavy atom. The van der Waals surface area contributed by atoms with Crippen LogP contribution in [-0.4, -0.2) is 17.1 Å². The SMILES string of the molecule is CC(C)CCC(C)NC(=O)c1cccc(O)c1. The highest BCUT2D eigenvalue weighted by molar-refractivity contribution is 5.94. The quantitative estimate of drug-likeness (QED) is 0.824. The Hall–Kier alpha value is -1.51. The van der Waals surface area contributed by atoms with Crippen LogP contribution in [0.15, 0.2) is 24.3 Å². The third-order valence-corrected chi connectivity index (χ3v) is 2.66. The molecule has 0 heterocycles. The van der Waals surface area contributed by atoms with E-state index in [9.17, 15) is 9.90 Å². The molecule has 1 atom stereocenters. The highest BCUT2D eigenvalue weighted by Crippen LogP contribution is 2.12. The Bertz CT molecular complexity index is 374.